The summed E-state index contributed by atoms with van der Waals surface area (Å²) in [7, 11) is 0. The van der Waals surface area contributed by atoms with Gasteiger partial charge in [-0.3, -0.25) is 10.0 Å². The molecule has 1 saturated carbocycles. The summed E-state index contributed by atoms with van der Waals surface area (Å²) in [6.45, 7) is -2.96. The molecule has 1 aliphatic rings. The molecule has 0 bridgehead atoms. The first kappa shape index (κ1) is 31.8. The largest absolute Gasteiger partial charge is 0.489 e. The number of pyridine rings is 1. The van der Waals surface area contributed by atoms with Gasteiger partial charge in [-0.05, 0) is 42.5 Å². The standard InChI is InChI=1S/C29H28Cl2F2N3O7S/c1-44(39)43-34-23-14-35(24-5-3-2-4-19(23)24)15-28(37)41-26(11-20-21(30)12-36(38)13-22(20)31)18-8-9-25(42-29(32)33)27(10-18)40-16-17-6-7-17/h2-5,8-10,12-14,17,26,29,34,38H,6-7,11,15-16H2,1H3/q+1. The number of ether oxygens (including phenoxy) is 3. The highest BCUT2D eigenvalue weighted by Crippen LogP contribution is 2.38. The molecule has 10 nitrogen and oxygen atoms in total. The summed E-state index contributed by atoms with van der Waals surface area (Å²) in [6, 6.07) is 11.5. The number of hydrogen-bond acceptors (Lipinski definition) is 8. The van der Waals surface area contributed by atoms with Gasteiger partial charge in [-0.15, -0.1) is 0 Å². The van der Waals surface area contributed by atoms with Crippen molar-refractivity contribution in [3.05, 3.63) is 82.2 Å². The van der Waals surface area contributed by atoms with E-state index in [0.29, 0.717) is 39.6 Å². The first-order chi connectivity index (χ1) is 21.1. The molecular weight excluding hydrogens is 643 g/mol. The molecule has 44 heavy (non-hydrogen) atoms. The normalized spacial score (nSPS) is 14.4. The first-order valence-electron chi connectivity index (χ1n) is 13.4. The second-order valence-corrected chi connectivity index (χ2v) is 11.9. The number of esters is 1. The molecule has 2 aromatic heterocycles. The Bertz CT molecular complexity index is 1660. The molecule has 4 aromatic rings. The van der Waals surface area contributed by atoms with Crippen LogP contribution in [-0.4, -0.2) is 39.4 Å². The van der Waals surface area contributed by atoms with Crippen LogP contribution in [-0.2, 0) is 37.9 Å². The maximum absolute atomic E-state index is 13.4. The van der Waals surface area contributed by atoms with Gasteiger partial charge in [-0.1, -0.05) is 47.5 Å². The maximum Gasteiger partial charge on any atom is 0.387 e. The van der Waals surface area contributed by atoms with Crippen molar-refractivity contribution in [3.8, 4) is 11.5 Å². The number of anilines is 1. The Morgan fingerprint density at radius 3 is 2.57 bits per heavy atom. The molecule has 2 aromatic carbocycles. The molecule has 15 heteroatoms. The van der Waals surface area contributed by atoms with Gasteiger partial charge in [-0.25, -0.2) is 9.69 Å². The van der Waals surface area contributed by atoms with E-state index in [4.69, 9.17) is 37.0 Å². The second-order valence-electron chi connectivity index (χ2n) is 10.1. The number of fused-ring (bicyclic) bond motifs is 1. The first-order valence-corrected chi connectivity index (χ1v) is 15.7. The Balaban J connectivity index is 1.45. The van der Waals surface area contributed by atoms with Crippen LogP contribution in [0.15, 0.2) is 61.1 Å². The summed E-state index contributed by atoms with van der Waals surface area (Å²) >= 11 is 11.2. The fraction of sp³-hybridized carbons (Fsp3) is 0.310. The van der Waals surface area contributed by atoms with Crippen molar-refractivity contribution < 1.29 is 46.2 Å². The van der Waals surface area contributed by atoms with Crippen LogP contribution < -0.4 is 19.7 Å². The highest BCUT2D eigenvalue weighted by molar-refractivity contribution is 7.79. The topological polar surface area (TPSA) is 112 Å². The number of carbonyl (C=O) groups excluding carboxylic acids is 1. The number of nitrogens with one attached hydrogen (secondary N) is 1. The number of hydrogen-bond donors (Lipinski definition) is 2. The average molecular weight is 672 g/mol. The van der Waals surface area contributed by atoms with E-state index in [1.165, 1.54) is 36.8 Å². The van der Waals surface area contributed by atoms with Crippen molar-refractivity contribution in [3.63, 3.8) is 0 Å². The number of benzene rings is 2. The van der Waals surface area contributed by atoms with E-state index in [2.05, 4.69) is 10.2 Å². The van der Waals surface area contributed by atoms with Crippen molar-refractivity contribution in [2.45, 2.75) is 38.5 Å². The summed E-state index contributed by atoms with van der Waals surface area (Å²) in [5.74, 6) is -0.386. The Hall–Kier alpha value is -3.65. The molecule has 0 amide bonds. The Labute approximate surface area is 263 Å². The van der Waals surface area contributed by atoms with Crippen molar-refractivity contribution in [1.29, 1.82) is 0 Å². The quantitative estimate of drug-likeness (QED) is 0.0724. The highest BCUT2D eigenvalue weighted by atomic mass is 35.5. The molecule has 2 N–H and O–H groups in total. The van der Waals surface area contributed by atoms with Gasteiger partial charge in [0.05, 0.1) is 17.8 Å². The van der Waals surface area contributed by atoms with Gasteiger partial charge in [-0.2, -0.15) is 13.1 Å². The SMILES string of the molecule is CS(=O)ONc1cn(CC(=O)OC(Cc2c(Cl)c[n+](O)cc2Cl)c2ccc(OC(F)F)c(OCC3CC3)c2)c2ccccc12. The highest BCUT2D eigenvalue weighted by Gasteiger charge is 2.27. The van der Waals surface area contributed by atoms with E-state index in [1.54, 1.807) is 22.9 Å². The fourth-order valence-electron chi connectivity index (χ4n) is 4.57. The van der Waals surface area contributed by atoms with Crippen LogP contribution in [0.3, 0.4) is 0 Å². The maximum atomic E-state index is 13.4. The number of nitrogens with zero attached hydrogens (tertiary/aromatic N) is 2. The smallest absolute Gasteiger partial charge is 0.387 e. The number of para-hydroxylation sites is 1. The third kappa shape index (κ3) is 8.08. The molecule has 0 aliphatic heterocycles. The lowest BCUT2D eigenvalue weighted by Gasteiger charge is -2.21. The summed E-state index contributed by atoms with van der Waals surface area (Å²) in [4.78, 5) is 13.4. The molecule has 5 rings (SSSR count). The van der Waals surface area contributed by atoms with E-state index >= 15 is 0 Å². The number of alkyl halides is 2. The van der Waals surface area contributed by atoms with E-state index in [9.17, 15) is 23.0 Å². The van der Waals surface area contributed by atoms with Crippen LogP contribution in [0.2, 0.25) is 10.0 Å². The molecule has 0 spiro atoms. The average Bonchev–Trinajstić information content (AvgIpc) is 3.73. The van der Waals surface area contributed by atoms with Crippen LogP contribution in [0.4, 0.5) is 14.5 Å². The monoisotopic (exact) mass is 670 g/mol. The fourth-order valence-corrected chi connectivity index (χ4v) is 5.38. The minimum absolute atomic E-state index is 0.0171. The van der Waals surface area contributed by atoms with E-state index in [1.807, 2.05) is 12.1 Å². The molecule has 2 atom stereocenters. The zero-order chi connectivity index (χ0) is 31.4. The predicted octanol–water partition coefficient (Wildman–Crippen LogP) is 6.03. The van der Waals surface area contributed by atoms with Gasteiger partial charge in [0.2, 0.25) is 12.4 Å². The van der Waals surface area contributed by atoms with Crippen LogP contribution in [0, 0.1) is 5.92 Å². The molecule has 2 heterocycles. The zero-order valence-electron chi connectivity index (χ0n) is 23.3. The summed E-state index contributed by atoms with van der Waals surface area (Å²) in [6.07, 6.45) is 6.40. The lowest BCUT2D eigenvalue weighted by atomic mass is 10.0. The molecule has 1 fully saturated rings. The zero-order valence-corrected chi connectivity index (χ0v) is 25.6. The second kappa shape index (κ2) is 14.0. The minimum atomic E-state index is -3.07. The van der Waals surface area contributed by atoms with Gasteiger partial charge >= 0.3 is 12.6 Å². The van der Waals surface area contributed by atoms with Gasteiger partial charge < -0.3 is 18.8 Å². The molecular formula is C29H28Cl2F2N3O7S+. The van der Waals surface area contributed by atoms with Crippen LogP contribution in [0.1, 0.15) is 30.1 Å². The van der Waals surface area contributed by atoms with Crippen LogP contribution in [0.25, 0.3) is 10.9 Å². The lowest BCUT2D eigenvalue weighted by molar-refractivity contribution is -0.904. The third-order valence-corrected chi connectivity index (χ3v) is 7.78. The van der Waals surface area contributed by atoms with Crippen LogP contribution in [0.5, 0.6) is 11.5 Å². The molecule has 0 saturated heterocycles. The third-order valence-electron chi connectivity index (χ3n) is 6.82. The Morgan fingerprint density at radius 2 is 1.89 bits per heavy atom. The minimum Gasteiger partial charge on any atom is -0.489 e. The van der Waals surface area contributed by atoms with Crippen molar-refractivity contribution >= 4 is 56.8 Å². The Morgan fingerprint density at radius 1 is 1.16 bits per heavy atom. The summed E-state index contributed by atoms with van der Waals surface area (Å²) in [5.41, 5.74) is 4.61. The van der Waals surface area contributed by atoms with Gasteiger partial charge in [0, 0.05) is 34.6 Å². The lowest BCUT2D eigenvalue weighted by Crippen LogP contribution is -2.29. The molecule has 0 radical (unpaired) electrons. The Kier molecular flexibility index (Phi) is 10.1. The van der Waals surface area contributed by atoms with E-state index in [-0.39, 0.29) is 34.5 Å². The summed E-state index contributed by atoms with van der Waals surface area (Å²) < 4.78 is 61.5. The van der Waals surface area contributed by atoms with Crippen LogP contribution >= 0.6 is 23.2 Å². The molecule has 1 aliphatic carbocycles. The van der Waals surface area contributed by atoms with Gasteiger partial charge in [0.15, 0.2) is 22.6 Å². The van der Waals surface area contributed by atoms with E-state index in [0.717, 1.165) is 18.2 Å². The van der Waals surface area contributed by atoms with Gasteiger partial charge in [0.25, 0.3) is 0 Å². The number of aromatic nitrogens is 2. The number of rotatable bonds is 14. The number of carbonyl (C=O) groups is 1. The molecule has 234 valence electrons. The summed E-state index contributed by atoms with van der Waals surface area (Å²) in [5, 5.41) is 10.8. The van der Waals surface area contributed by atoms with E-state index < -0.39 is 29.8 Å². The number of halogens is 4. The van der Waals surface area contributed by atoms with Crippen molar-refractivity contribution in [2.24, 2.45) is 5.92 Å². The van der Waals surface area contributed by atoms with Crippen molar-refractivity contribution in [2.75, 3.05) is 18.3 Å². The molecule has 2 unspecified atom stereocenters. The van der Waals surface area contributed by atoms with Crippen molar-refractivity contribution in [1.82, 2.24) is 4.57 Å². The van der Waals surface area contributed by atoms with Gasteiger partial charge in [0.1, 0.15) is 22.7 Å². The predicted molar refractivity (Wildman–Crippen MR) is 158 cm³/mol.